The number of aryl methyl sites for hydroxylation is 1. The van der Waals surface area contributed by atoms with E-state index in [0.29, 0.717) is 17.9 Å². The molecule has 2 heteroatoms. The van der Waals surface area contributed by atoms with Crippen LogP contribution in [0.15, 0.2) is 54.6 Å². The van der Waals surface area contributed by atoms with E-state index in [0.717, 1.165) is 25.5 Å². The second-order valence-electron chi connectivity index (χ2n) is 4.45. The van der Waals surface area contributed by atoms with Crippen LogP contribution in [-0.2, 0) is 6.42 Å². The summed E-state index contributed by atoms with van der Waals surface area (Å²) in [5, 5.41) is 0. The molecule has 2 aromatic rings. The third kappa shape index (κ3) is 4.25. The molecule has 0 atom stereocenters. The maximum absolute atomic E-state index is 10.8. The Hall–Kier alpha value is -2.09. The number of para-hydroxylation sites is 1. The molecule has 19 heavy (non-hydrogen) atoms. The zero-order chi connectivity index (χ0) is 13.3. The van der Waals surface area contributed by atoms with E-state index in [1.165, 1.54) is 5.56 Å². The van der Waals surface area contributed by atoms with Crippen LogP contribution in [0.25, 0.3) is 0 Å². The summed E-state index contributed by atoms with van der Waals surface area (Å²) >= 11 is 0. The van der Waals surface area contributed by atoms with E-state index in [1.54, 1.807) is 6.07 Å². The first-order valence-electron chi connectivity index (χ1n) is 6.61. The Morgan fingerprint density at radius 3 is 2.42 bits per heavy atom. The zero-order valence-electron chi connectivity index (χ0n) is 10.9. The van der Waals surface area contributed by atoms with Crippen molar-refractivity contribution < 1.29 is 9.53 Å². The monoisotopic (exact) mass is 254 g/mol. The Balaban J connectivity index is 1.71. The van der Waals surface area contributed by atoms with E-state index in [1.807, 2.05) is 24.3 Å². The molecule has 0 bridgehead atoms. The third-order valence-electron chi connectivity index (χ3n) is 3.01. The van der Waals surface area contributed by atoms with Crippen molar-refractivity contribution in [3.63, 3.8) is 0 Å². The minimum Gasteiger partial charge on any atom is -0.493 e. The summed E-state index contributed by atoms with van der Waals surface area (Å²) in [6, 6.07) is 17.8. The summed E-state index contributed by atoms with van der Waals surface area (Å²) in [6.07, 6.45) is 3.98. The van der Waals surface area contributed by atoms with Gasteiger partial charge in [0.25, 0.3) is 0 Å². The smallest absolute Gasteiger partial charge is 0.153 e. The molecular weight excluding hydrogens is 236 g/mol. The number of rotatable bonds is 7. The first-order chi connectivity index (χ1) is 9.40. The molecule has 0 unspecified atom stereocenters. The quantitative estimate of drug-likeness (QED) is 0.553. The molecule has 0 aliphatic rings. The maximum Gasteiger partial charge on any atom is 0.153 e. The molecule has 0 radical (unpaired) electrons. The summed E-state index contributed by atoms with van der Waals surface area (Å²) in [5.74, 6) is 0.678. The lowest BCUT2D eigenvalue weighted by Crippen LogP contribution is -2.00. The van der Waals surface area contributed by atoms with Gasteiger partial charge in [-0.05, 0) is 37.0 Å². The highest BCUT2D eigenvalue weighted by Crippen LogP contribution is 2.16. The predicted molar refractivity (Wildman–Crippen MR) is 76.7 cm³/mol. The largest absolute Gasteiger partial charge is 0.493 e. The normalized spacial score (nSPS) is 10.1. The van der Waals surface area contributed by atoms with Crippen LogP contribution < -0.4 is 4.74 Å². The molecule has 2 rings (SSSR count). The standard InChI is InChI=1S/C17H18O2/c18-14-16-11-4-5-12-17(16)19-13-7-6-10-15-8-2-1-3-9-15/h1-5,8-9,11-12,14H,6-7,10,13H2. The average Bonchev–Trinajstić information content (AvgIpc) is 2.48. The second kappa shape index (κ2) is 7.37. The van der Waals surface area contributed by atoms with Crippen LogP contribution in [0.4, 0.5) is 0 Å². The van der Waals surface area contributed by atoms with Crippen molar-refractivity contribution in [1.82, 2.24) is 0 Å². The Kier molecular flexibility index (Phi) is 5.17. The number of carbonyl (C=O) groups is 1. The van der Waals surface area contributed by atoms with Gasteiger partial charge in [0.2, 0.25) is 0 Å². The number of hydrogen-bond acceptors (Lipinski definition) is 2. The van der Waals surface area contributed by atoms with Crippen LogP contribution in [0.1, 0.15) is 28.8 Å². The lowest BCUT2D eigenvalue weighted by molar-refractivity contribution is 0.111. The van der Waals surface area contributed by atoms with Gasteiger partial charge in [0.15, 0.2) is 6.29 Å². The molecule has 0 spiro atoms. The fourth-order valence-corrected chi connectivity index (χ4v) is 1.97. The molecule has 0 aliphatic carbocycles. The molecule has 0 amide bonds. The van der Waals surface area contributed by atoms with Crippen LogP contribution in [-0.4, -0.2) is 12.9 Å². The van der Waals surface area contributed by atoms with Crippen molar-refractivity contribution in [1.29, 1.82) is 0 Å². The van der Waals surface area contributed by atoms with Crippen LogP contribution >= 0.6 is 0 Å². The minimum absolute atomic E-state index is 0.616. The van der Waals surface area contributed by atoms with Gasteiger partial charge in [0, 0.05) is 0 Å². The van der Waals surface area contributed by atoms with E-state index >= 15 is 0 Å². The Morgan fingerprint density at radius 2 is 1.63 bits per heavy atom. The first kappa shape index (κ1) is 13.3. The van der Waals surface area contributed by atoms with E-state index in [-0.39, 0.29) is 0 Å². The van der Waals surface area contributed by atoms with Crippen LogP contribution in [0.2, 0.25) is 0 Å². The van der Waals surface area contributed by atoms with E-state index in [4.69, 9.17) is 4.74 Å². The second-order valence-corrected chi connectivity index (χ2v) is 4.45. The van der Waals surface area contributed by atoms with E-state index < -0.39 is 0 Å². The number of ether oxygens (including phenoxy) is 1. The number of unbranched alkanes of at least 4 members (excludes halogenated alkanes) is 1. The summed E-state index contributed by atoms with van der Waals surface area (Å²) in [5.41, 5.74) is 1.97. The Morgan fingerprint density at radius 1 is 0.895 bits per heavy atom. The molecule has 0 heterocycles. The minimum atomic E-state index is 0.616. The molecule has 0 saturated heterocycles. The lowest BCUT2D eigenvalue weighted by atomic mass is 10.1. The van der Waals surface area contributed by atoms with Crippen molar-refractivity contribution in [2.24, 2.45) is 0 Å². The van der Waals surface area contributed by atoms with Gasteiger partial charge >= 0.3 is 0 Å². The molecule has 98 valence electrons. The summed E-state index contributed by atoms with van der Waals surface area (Å²) < 4.78 is 5.63. The highest BCUT2D eigenvalue weighted by atomic mass is 16.5. The molecule has 0 aliphatic heterocycles. The summed E-state index contributed by atoms with van der Waals surface area (Å²) in [4.78, 5) is 10.8. The zero-order valence-corrected chi connectivity index (χ0v) is 10.9. The topological polar surface area (TPSA) is 26.3 Å². The third-order valence-corrected chi connectivity index (χ3v) is 3.01. The average molecular weight is 254 g/mol. The van der Waals surface area contributed by atoms with Gasteiger partial charge in [0.1, 0.15) is 5.75 Å². The first-order valence-corrected chi connectivity index (χ1v) is 6.61. The molecule has 0 saturated carbocycles. The van der Waals surface area contributed by atoms with Gasteiger partial charge in [-0.3, -0.25) is 4.79 Å². The van der Waals surface area contributed by atoms with Gasteiger partial charge < -0.3 is 4.74 Å². The fraction of sp³-hybridized carbons (Fsp3) is 0.235. The molecule has 0 fully saturated rings. The number of carbonyl (C=O) groups excluding carboxylic acids is 1. The van der Waals surface area contributed by atoms with Crippen molar-refractivity contribution in [3.8, 4) is 5.75 Å². The van der Waals surface area contributed by atoms with Gasteiger partial charge in [-0.15, -0.1) is 0 Å². The number of hydrogen-bond donors (Lipinski definition) is 0. The van der Waals surface area contributed by atoms with Gasteiger partial charge in [0.05, 0.1) is 12.2 Å². The Labute approximate surface area is 114 Å². The molecular formula is C17H18O2. The molecule has 2 nitrogen and oxygen atoms in total. The predicted octanol–water partition coefficient (Wildman–Crippen LogP) is 3.90. The van der Waals surface area contributed by atoms with E-state index in [9.17, 15) is 4.79 Å². The number of benzene rings is 2. The molecule has 0 N–H and O–H groups in total. The van der Waals surface area contributed by atoms with Crippen molar-refractivity contribution in [2.45, 2.75) is 19.3 Å². The highest BCUT2D eigenvalue weighted by molar-refractivity contribution is 5.79. The van der Waals surface area contributed by atoms with Crippen molar-refractivity contribution >= 4 is 6.29 Å². The van der Waals surface area contributed by atoms with E-state index in [2.05, 4.69) is 24.3 Å². The fourth-order valence-electron chi connectivity index (χ4n) is 1.97. The molecule has 2 aromatic carbocycles. The lowest BCUT2D eigenvalue weighted by Gasteiger charge is -2.08. The number of aldehydes is 1. The van der Waals surface area contributed by atoms with Gasteiger partial charge in [-0.25, -0.2) is 0 Å². The van der Waals surface area contributed by atoms with Crippen LogP contribution in [0.5, 0.6) is 5.75 Å². The SMILES string of the molecule is O=Cc1ccccc1OCCCCc1ccccc1. The van der Waals surface area contributed by atoms with Crippen molar-refractivity contribution in [2.75, 3.05) is 6.61 Å². The molecule has 0 aromatic heterocycles. The van der Waals surface area contributed by atoms with Crippen LogP contribution in [0.3, 0.4) is 0 Å². The van der Waals surface area contributed by atoms with Gasteiger partial charge in [-0.2, -0.15) is 0 Å². The maximum atomic E-state index is 10.8. The Bertz CT molecular complexity index is 506. The van der Waals surface area contributed by atoms with Crippen molar-refractivity contribution in [3.05, 3.63) is 65.7 Å². The van der Waals surface area contributed by atoms with Crippen LogP contribution in [0, 0.1) is 0 Å². The van der Waals surface area contributed by atoms with Gasteiger partial charge in [-0.1, -0.05) is 42.5 Å². The summed E-state index contributed by atoms with van der Waals surface area (Å²) in [6.45, 7) is 0.650. The highest BCUT2D eigenvalue weighted by Gasteiger charge is 2.00. The summed E-state index contributed by atoms with van der Waals surface area (Å²) in [7, 11) is 0.